The first kappa shape index (κ1) is 24.4. The highest BCUT2D eigenvalue weighted by atomic mass is 16.5. The summed E-state index contributed by atoms with van der Waals surface area (Å²) in [6, 6.07) is 13.6. The van der Waals surface area contributed by atoms with Crippen LogP contribution < -0.4 is 19.7 Å². The molecule has 0 atom stereocenters. The fraction of sp³-hybridized carbons (Fsp3) is 0.357. The number of nitrogens with zero attached hydrogens (tertiary/aromatic N) is 2. The fourth-order valence-corrected chi connectivity index (χ4v) is 4.21. The van der Waals surface area contributed by atoms with E-state index in [1.54, 1.807) is 13.2 Å². The Kier molecular flexibility index (Phi) is 8.08. The lowest BCUT2D eigenvalue weighted by Crippen LogP contribution is -2.23. The van der Waals surface area contributed by atoms with Crippen LogP contribution in [0.1, 0.15) is 48.3 Å². The maximum absolute atomic E-state index is 12.5. The molecule has 0 saturated carbocycles. The predicted octanol–water partition coefficient (Wildman–Crippen LogP) is 5.91. The minimum atomic E-state index is -0.190. The number of benzene rings is 2. The minimum Gasteiger partial charge on any atom is -0.493 e. The summed E-state index contributed by atoms with van der Waals surface area (Å²) in [5.41, 5.74) is 4.55. The Morgan fingerprint density at radius 2 is 1.80 bits per heavy atom. The van der Waals surface area contributed by atoms with E-state index in [0.717, 1.165) is 41.4 Å². The van der Waals surface area contributed by atoms with Gasteiger partial charge in [-0.1, -0.05) is 24.1 Å². The number of hydrogen-bond donors (Lipinski definition) is 1. The predicted molar refractivity (Wildman–Crippen MR) is 138 cm³/mol. The van der Waals surface area contributed by atoms with E-state index in [0.29, 0.717) is 18.1 Å². The minimum absolute atomic E-state index is 0.190. The summed E-state index contributed by atoms with van der Waals surface area (Å²) in [4.78, 5) is 14.9. The van der Waals surface area contributed by atoms with Gasteiger partial charge in [0.05, 0.1) is 18.4 Å². The van der Waals surface area contributed by atoms with E-state index in [4.69, 9.17) is 14.0 Å². The highest BCUT2D eigenvalue weighted by Crippen LogP contribution is 2.30. The fourth-order valence-electron chi connectivity index (χ4n) is 4.21. The van der Waals surface area contributed by atoms with E-state index in [1.165, 1.54) is 37.4 Å². The zero-order valence-electron chi connectivity index (χ0n) is 20.7. The van der Waals surface area contributed by atoms with Gasteiger partial charge in [0.15, 0.2) is 11.5 Å². The van der Waals surface area contributed by atoms with E-state index >= 15 is 0 Å². The van der Waals surface area contributed by atoms with Crippen LogP contribution in [0.3, 0.4) is 0 Å². The number of aromatic nitrogens is 1. The van der Waals surface area contributed by atoms with Crippen LogP contribution in [0, 0.1) is 13.8 Å². The van der Waals surface area contributed by atoms with Gasteiger partial charge in [-0.3, -0.25) is 4.79 Å². The van der Waals surface area contributed by atoms with Gasteiger partial charge in [0, 0.05) is 30.5 Å². The van der Waals surface area contributed by atoms with E-state index in [9.17, 15) is 4.79 Å². The van der Waals surface area contributed by atoms with Crippen molar-refractivity contribution in [3.63, 3.8) is 0 Å². The van der Waals surface area contributed by atoms with Crippen LogP contribution in [0.4, 0.5) is 11.4 Å². The molecule has 1 amide bonds. The van der Waals surface area contributed by atoms with Gasteiger partial charge < -0.3 is 24.2 Å². The summed E-state index contributed by atoms with van der Waals surface area (Å²) >= 11 is 0. The van der Waals surface area contributed by atoms with Crippen molar-refractivity contribution in [1.82, 2.24) is 5.16 Å². The van der Waals surface area contributed by atoms with Crippen LogP contribution in [-0.4, -0.2) is 31.3 Å². The van der Waals surface area contributed by atoms with Crippen molar-refractivity contribution in [3.05, 3.63) is 71.1 Å². The van der Waals surface area contributed by atoms with E-state index in [1.807, 2.05) is 44.2 Å². The summed E-state index contributed by atoms with van der Waals surface area (Å²) in [5.74, 6) is 1.75. The molecule has 2 heterocycles. The second-order valence-corrected chi connectivity index (χ2v) is 8.77. The van der Waals surface area contributed by atoms with Crippen LogP contribution in [-0.2, 0) is 11.4 Å². The van der Waals surface area contributed by atoms with Crippen molar-refractivity contribution in [3.8, 4) is 11.5 Å². The molecule has 1 aliphatic heterocycles. The zero-order valence-corrected chi connectivity index (χ0v) is 20.7. The first-order valence-electron chi connectivity index (χ1n) is 12.1. The third-order valence-corrected chi connectivity index (χ3v) is 6.27. The van der Waals surface area contributed by atoms with Gasteiger partial charge in [-0.15, -0.1) is 0 Å². The second-order valence-electron chi connectivity index (χ2n) is 8.77. The number of aryl methyl sites for hydroxylation is 2. The average molecular weight is 476 g/mol. The number of rotatable bonds is 8. The molecule has 0 radical (unpaired) electrons. The van der Waals surface area contributed by atoms with Gasteiger partial charge in [-0.25, -0.2) is 0 Å². The zero-order chi connectivity index (χ0) is 24.6. The third-order valence-electron chi connectivity index (χ3n) is 6.27. The number of carbonyl (C=O) groups excluding carboxylic acids is 1. The largest absolute Gasteiger partial charge is 0.493 e. The number of ether oxygens (including phenoxy) is 2. The van der Waals surface area contributed by atoms with Crippen molar-refractivity contribution < 1.29 is 18.8 Å². The molecule has 1 aromatic heterocycles. The van der Waals surface area contributed by atoms with Gasteiger partial charge in [0.1, 0.15) is 12.4 Å². The van der Waals surface area contributed by atoms with Crippen LogP contribution in [0.15, 0.2) is 53.1 Å². The molecule has 2 aromatic carbocycles. The maximum Gasteiger partial charge on any atom is 0.248 e. The van der Waals surface area contributed by atoms with Crippen LogP contribution in [0.25, 0.3) is 6.08 Å². The SMILES string of the molecule is COc1cc(/C=C/C(=O)Nc2ccc(N3CCCCCC3)cc2)ccc1OCc1c(C)noc1C. The molecule has 1 fully saturated rings. The van der Waals surface area contributed by atoms with Gasteiger partial charge in [-0.2, -0.15) is 0 Å². The highest BCUT2D eigenvalue weighted by Gasteiger charge is 2.12. The molecule has 3 aromatic rings. The Labute approximate surface area is 206 Å². The summed E-state index contributed by atoms with van der Waals surface area (Å²) < 4.78 is 16.6. The second kappa shape index (κ2) is 11.6. The van der Waals surface area contributed by atoms with Crippen molar-refractivity contribution in [2.75, 3.05) is 30.4 Å². The van der Waals surface area contributed by atoms with E-state index < -0.39 is 0 Å². The highest BCUT2D eigenvalue weighted by molar-refractivity contribution is 6.02. The normalized spacial score (nSPS) is 14.1. The smallest absolute Gasteiger partial charge is 0.248 e. The van der Waals surface area contributed by atoms with Gasteiger partial charge in [-0.05, 0) is 74.7 Å². The Morgan fingerprint density at radius 1 is 1.06 bits per heavy atom. The van der Waals surface area contributed by atoms with Crippen molar-refractivity contribution >= 4 is 23.4 Å². The lowest BCUT2D eigenvalue weighted by Gasteiger charge is -2.22. The first-order chi connectivity index (χ1) is 17.0. The molecule has 0 unspecified atom stereocenters. The summed E-state index contributed by atoms with van der Waals surface area (Å²) in [7, 11) is 1.59. The molecule has 4 rings (SSSR count). The number of carbonyl (C=O) groups is 1. The summed E-state index contributed by atoms with van der Waals surface area (Å²) in [5, 5.41) is 6.88. The monoisotopic (exact) mass is 475 g/mol. The Hall–Kier alpha value is -3.74. The maximum atomic E-state index is 12.5. The molecular formula is C28H33N3O4. The van der Waals surface area contributed by atoms with E-state index in [-0.39, 0.29) is 5.91 Å². The van der Waals surface area contributed by atoms with Crippen LogP contribution >= 0.6 is 0 Å². The van der Waals surface area contributed by atoms with Gasteiger partial charge >= 0.3 is 0 Å². The molecule has 0 spiro atoms. The number of nitrogens with one attached hydrogen (secondary N) is 1. The van der Waals surface area contributed by atoms with Gasteiger partial charge in [0.2, 0.25) is 5.91 Å². The quantitative estimate of drug-likeness (QED) is 0.408. The molecule has 1 N–H and O–H groups in total. The lowest BCUT2D eigenvalue weighted by atomic mass is 10.1. The summed E-state index contributed by atoms with van der Waals surface area (Å²) in [6.07, 6.45) is 8.36. The lowest BCUT2D eigenvalue weighted by molar-refractivity contribution is -0.111. The van der Waals surface area contributed by atoms with E-state index in [2.05, 4.69) is 27.5 Å². The molecule has 0 aliphatic carbocycles. The molecule has 35 heavy (non-hydrogen) atoms. The van der Waals surface area contributed by atoms with Crippen LogP contribution in [0.5, 0.6) is 11.5 Å². The molecule has 0 bridgehead atoms. The molecule has 1 aliphatic rings. The Morgan fingerprint density at radius 3 is 2.46 bits per heavy atom. The van der Waals surface area contributed by atoms with Gasteiger partial charge in [0.25, 0.3) is 0 Å². The standard InChI is InChI=1S/C28H33N3O4/c1-20-25(21(2)35-30-20)19-34-26-14-8-22(18-27(26)33-3)9-15-28(32)29-23-10-12-24(13-11-23)31-16-6-4-5-7-17-31/h8-15,18H,4-7,16-17,19H2,1-3H3,(H,29,32)/b15-9+. The molecular weight excluding hydrogens is 442 g/mol. The number of methoxy groups -OCH3 is 1. The topological polar surface area (TPSA) is 76.8 Å². The molecule has 184 valence electrons. The Balaban J connectivity index is 1.34. The third kappa shape index (κ3) is 6.44. The average Bonchev–Trinajstić information content (AvgIpc) is 3.05. The van der Waals surface area contributed by atoms with Crippen LogP contribution in [0.2, 0.25) is 0 Å². The number of amides is 1. The van der Waals surface area contributed by atoms with Crippen molar-refractivity contribution in [2.45, 2.75) is 46.1 Å². The van der Waals surface area contributed by atoms with Crippen molar-refractivity contribution in [2.24, 2.45) is 0 Å². The summed E-state index contributed by atoms with van der Waals surface area (Å²) in [6.45, 7) is 6.28. The number of anilines is 2. The molecule has 7 heteroatoms. The number of hydrogen-bond acceptors (Lipinski definition) is 6. The molecule has 7 nitrogen and oxygen atoms in total. The Bertz CT molecular complexity index is 1140. The molecule has 1 saturated heterocycles. The first-order valence-corrected chi connectivity index (χ1v) is 12.1. The van der Waals surface area contributed by atoms with Crippen molar-refractivity contribution in [1.29, 1.82) is 0 Å².